The maximum atomic E-state index is 12.1. The number of carbonyl (C=O) groups excluding carboxylic acids is 2. The first-order valence-corrected chi connectivity index (χ1v) is 7.46. The molecular weight excluding hydrogens is 296 g/mol. The Balaban J connectivity index is 1.99. The summed E-state index contributed by atoms with van der Waals surface area (Å²) in [6.07, 6.45) is 3.90. The lowest BCUT2D eigenvalue weighted by atomic mass is 10.1. The summed E-state index contributed by atoms with van der Waals surface area (Å²) in [7, 11) is 1.57. The predicted octanol–water partition coefficient (Wildman–Crippen LogP) is 2.44. The monoisotopic (exact) mass is 318 g/mol. The number of nitrogens with zero attached hydrogens (tertiary/aromatic N) is 1. The lowest BCUT2D eigenvalue weighted by molar-refractivity contribution is -0.130. The fraction of sp³-hybridized carbons (Fsp3) is 0.412. The molecule has 1 aliphatic rings. The zero-order valence-electron chi connectivity index (χ0n) is 13.9. The van der Waals surface area contributed by atoms with Crippen LogP contribution in [0.1, 0.15) is 26.3 Å². The first-order valence-electron chi connectivity index (χ1n) is 7.46. The molecule has 23 heavy (non-hydrogen) atoms. The van der Waals surface area contributed by atoms with Gasteiger partial charge >= 0.3 is 6.03 Å². The van der Waals surface area contributed by atoms with Crippen molar-refractivity contribution in [3.63, 3.8) is 0 Å². The third kappa shape index (κ3) is 3.64. The van der Waals surface area contributed by atoms with Crippen LogP contribution in [0, 0.1) is 0 Å². The number of nitrogens with one attached hydrogen (secondary N) is 1. The van der Waals surface area contributed by atoms with Crippen LogP contribution < -0.4 is 14.8 Å². The lowest BCUT2D eigenvalue weighted by Gasteiger charge is -2.17. The second-order valence-electron chi connectivity index (χ2n) is 5.77. The van der Waals surface area contributed by atoms with Gasteiger partial charge in [-0.05, 0) is 38.5 Å². The van der Waals surface area contributed by atoms with E-state index in [2.05, 4.69) is 5.32 Å². The minimum absolute atomic E-state index is 0.188. The number of urea groups is 1. The average molecular weight is 318 g/mol. The van der Waals surface area contributed by atoms with Gasteiger partial charge < -0.3 is 14.8 Å². The first-order chi connectivity index (χ1) is 10.9. The van der Waals surface area contributed by atoms with Gasteiger partial charge in [0.15, 0.2) is 11.5 Å². The summed E-state index contributed by atoms with van der Waals surface area (Å²) in [6.45, 7) is 5.69. The van der Waals surface area contributed by atoms with E-state index in [0.29, 0.717) is 11.5 Å². The maximum absolute atomic E-state index is 12.1. The normalized spacial score (nSPS) is 16.8. The molecule has 0 radical (unpaired) electrons. The van der Waals surface area contributed by atoms with Crippen LogP contribution in [0.3, 0.4) is 0 Å². The van der Waals surface area contributed by atoms with Crippen molar-refractivity contribution in [3.05, 3.63) is 29.8 Å². The van der Waals surface area contributed by atoms with E-state index in [0.717, 1.165) is 5.56 Å². The summed E-state index contributed by atoms with van der Waals surface area (Å²) in [5, 5.41) is 2.64. The standard InChI is InChI=1S/C17H22N2O4/c1-5-6-12-7-8-13(14(11-12)22-4)23-10-9-19-15(20)17(2,3)18-16(19)21/h5-8,11H,9-10H2,1-4H3,(H,18,21). The zero-order chi connectivity index (χ0) is 17.0. The van der Waals surface area contributed by atoms with Crippen LogP contribution in [0.5, 0.6) is 11.5 Å². The van der Waals surface area contributed by atoms with E-state index >= 15 is 0 Å². The van der Waals surface area contributed by atoms with Crippen molar-refractivity contribution in [2.45, 2.75) is 26.3 Å². The van der Waals surface area contributed by atoms with Gasteiger partial charge in [0.25, 0.3) is 5.91 Å². The Labute approximate surface area is 136 Å². The Hall–Kier alpha value is -2.50. The number of rotatable bonds is 6. The number of allylic oxidation sites excluding steroid dienone is 1. The number of hydrogen-bond acceptors (Lipinski definition) is 4. The Morgan fingerprint density at radius 2 is 2.00 bits per heavy atom. The van der Waals surface area contributed by atoms with E-state index in [1.807, 2.05) is 37.3 Å². The van der Waals surface area contributed by atoms with E-state index in [1.54, 1.807) is 21.0 Å². The highest BCUT2D eigenvalue weighted by Gasteiger charge is 2.43. The molecule has 1 aliphatic heterocycles. The van der Waals surface area contributed by atoms with E-state index in [9.17, 15) is 9.59 Å². The lowest BCUT2D eigenvalue weighted by Crippen LogP contribution is -2.40. The van der Waals surface area contributed by atoms with Crippen molar-refractivity contribution in [3.8, 4) is 11.5 Å². The highest BCUT2D eigenvalue weighted by atomic mass is 16.5. The van der Waals surface area contributed by atoms with Crippen molar-refractivity contribution < 1.29 is 19.1 Å². The smallest absolute Gasteiger partial charge is 0.325 e. The number of imide groups is 1. The molecule has 0 saturated carbocycles. The number of amides is 3. The molecule has 2 rings (SSSR count). The molecule has 1 aromatic rings. The molecule has 0 bridgehead atoms. The Kier molecular flexibility index (Phi) is 4.93. The summed E-state index contributed by atoms with van der Waals surface area (Å²) in [5.74, 6) is 0.937. The summed E-state index contributed by atoms with van der Waals surface area (Å²) in [4.78, 5) is 25.0. The fourth-order valence-corrected chi connectivity index (χ4v) is 2.37. The fourth-order valence-electron chi connectivity index (χ4n) is 2.37. The predicted molar refractivity (Wildman–Crippen MR) is 87.5 cm³/mol. The van der Waals surface area contributed by atoms with Gasteiger partial charge in [0.2, 0.25) is 0 Å². The van der Waals surface area contributed by atoms with Crippen molar-refractivity contribution >= 4 is 18.0 Å². The molecule has 6 nitrogen and oxygen atoms in total. The highest BCUT2D eigenvalue weighted by Crippen LogP contribution is 2.28. The molecule has 6 heteroatoms. The number of methoxy groups -OCH3 is 1. The van der Waals surface area contributed by atoms with Crippen molar-refractivity contribution in [2.24, 2.45) is 0 Å². The largest absolute Gasteiger partial charge is 0.493 e. The molecular formula is C17H22N2O4. The number of hydrogen-bond donors (Lipinski definition) is 1. The van der Waals surface area contributed by atoms with Crippen molar-refractivity contribution in [1.82, 2.24) is 10.2 Å². The van der Waals surface area contributed by atoms with Gasteiger partial charge in [-0.25, -0.2) is 4.79 Å². The maximum Gasteiger partial charge on any atom is 0.325 e. The summed E-state index contributed by atoms with van der Waals surface area (Å²) < 4.78 is 11.0. The second-order valence-corrected chi connectivity index (χ2v) is 5.77. The molecule has 0 aromatic heterocycles. The molecule has 0 spiro atoms. The van der Waals surface area contributed by atoms with Gasteiger partial charge in [-0.15, -0.1) is 0 Å². The Morgan fingerprint density at radius 3 is 2.57 bits per heavy atom. The molecule has 0 unspecified atom stereocenters. The number of ether oxygens (including phenoxy) is 2. The molecule has 124 valence electrons. The number of carbonyl (C=O) groups is 2. The van der Waals surface area contributed by atoms with Crippen LogP contribution in [0.2, 0.25) is 0 Å². The Morgan fingerprint density at radius 1 is 1.26 bits per heavy atom. The van der Waals surface area contributed by atoms with Gasteiger partial charge in [-0.2, -0.15) is 0 Å². The van der Waals surface area contributed by atoms with Gasteiger partial charge in [0.1, 0.15) is 12.1 Å². The molecule has 1 fully saturated rings. The molecule has 3 amide bonds. The molecule has 1 N–H and O–H groups in total. The van der Waals surface area contributed by atoms with Crippen LogP contribution in [-0.2, 0) is 4.79 Å². The second kappa shape index (κ2) is 6.73. The molecule has 1 heterocycles. The minimum Gasteiger partial charge on any atom is -0.493 e. The van der Waals surface area contributed by atoms with Crippen LogP contribution in [0.15, 0.2) is 24.3 Å². The third-order valence-corrected chi connectivity index (χ3v) is 3.56. The first kappa shape index (κ1) is 16.9. The van der Waals surface area contributed by atoms with Crippen LogP contribution in [-0.4, -0.2) is 42.6 Å². The summed E-state index contributed by atoms with van der Waals surface area (Å²) in [5.41, 5.74) is 0.149. The molecule has 0 atom stereocenters. The van der Waals surface area contributed by atoms with Gasteiger partial charge in [0.05, 0.1) is 13.7 Å². The van der Waals surface area contributed by atoms with Crippen molar-refractivity contribution in [2.75, 3.05) is 20.3 Å². The van der Waals surface area contributed by atoms with Gasteiger partial charge in [0, 0.05) is 0 Å². The van der Waals surface area contributed by atoms with Crippen LogP contribution >= 0.6 is 0 Å². The van der Waals surface area contributed by atoms with E-state index in [-0.39, 0.29) is 25.1 Å². The van der Waals surface area contributed by atoms with E-state index in [1.165, 1.54) is 4.90 Å². The highest BCUT2D eigenvalue weighted by molar-refractivity contribution is 6.06. The van der Waals surface area contributed by atoms with Gasteiger partial charge in [-0.3, -0.25) is 9.69 Å². The third-order valence-electron chi connectivity index (χ3n) is 3.56. The van der Waals surface area contributed by atoms with E-state index in [4.69, 9.17) is 9.47 Å². The molecule has 0 aliphatic carbocycles. The molecule has 1 saturated heterocycles. The van der Waals surface area contributed by atoms with Crippen molar-refractivity contribution in [1.29, 1.82) is 0 Å². The summed E-state index contributed by atoms with van der Waals surface area (Å²) in [6, 6.07) is 5.20. The van der Waals surface area contributed by atoms with Crippen LogP contribution in [0.4, 0.5) is 4.79 Å². The Bertz CT molecular complexity index is 637. The van der Waals surface area contributed by atoms with E-state index < -0.39 is 5.54 Å². The average Bonchev–Trinajstić information content (AvgIpc) is 2.70. The topological polar surface area (TPSA) is 67.9 Å². The SMILES string of the molecule is CC=Cc1ccc(OCCN2C(=O)NC(C)(C)C2=O)c(OC)c1. The van der Waals surface area contributed by atoms with Gasteiger partial charge in [-0.1, -0.05) is 18.2 Å². The summed E-state index contributed by atoms with van der Waals surface area (Å²) >= 11 is 0. The van der Waals surface area contributed by atoms with Crippen LogP contribution in [0.25, 0.3) is 6.08 Å². The minimum atomic E-state index is -0.858. The molecule has 1 aromatic carbocycles. The zero-order valence-corrected chi connectivity index (χ0v) is 13.9. The number of benzene rings is 1. The quantitative estimate of drug-likeness (QED) is 0.818.